The predicted octanol–water partition coefficient (Wildman–Crippen LogP) is 4.21. The Kier molecular flexibility index (Phi) is 4.87. The topological polar surface area (TPSA) is 55.2 Å². The van der Waals surface area contributed by atoms with E-state index in [-0.39, 0.29) is 16.7 Å². The number of aryl methyl sites for hydroxylation is 1. The van der Waals surface area contributed by atoms with Crippen LogP contribution in [0.15, 0.2) is 35.0 Å². The van der Waals surface area contributed by atoms with Gasteiger partial charge in [0.25, 0.3) is 5.69 Å². The van der Waals surface area contributed by atoms with Crippen molar-refractivity contribution in [3.63, 3.8) is 0 Å². The summed E-state index contributed by atoms with van der Waals surface area (Å²) in [6.07, 6.45) is 0.893. The van der Waals surface area contributed by atoms with Gasteiger partial charge in [-0.3, -0.25) is 10.1 Å². The lowest BCUT2D eigenvalue weighted by molar-refractivity contribution is -0.384. The van der Waals surface area contributed by atoms with Crippen molar-refractivity contribution in [3.05, 3.63) is 61.8 Å². The number of hydrogen-bond acceptors (Lipinski definition) is 4. The number of nitro benzene ring substituents is 1. The van der Waals surface area contributed by atoms with Crippen molar-refractivity contribution in [2.24, 2.45) is 0 Å². The third-order valence-electron chi connectivity index (χ3n) is 3.39. The number of benzene rings is 1. The van der Waals surface area contributed by atoms with Crippen LogP contribution in [0.2, 0.25) is 0 Å². The fourth-order valence-electron chi connectivity index (χ4n) is 2.15. The molecular weight excluding hydrogens is 272 g/mol. The van der Waals surface area contributed by atoms with Crippen LogP contribution in [0.3, 0.4) is 0 Å². The first-order chi connectivity index (χ1) is 9.61. The molecule has 0 aliphatic heterocycles. The Morgan fingerprint density at radius 1 is 1.40 bits per heavy atom. The molecule has 5 heteroatoms. The number of thiophene rings is 1. The maximum absolute atomic E-state index is 10.8. The van der Waals surface area contributed by atoms with Gasteiger partial charge in [-0.2, -0.15) is 11.3 Å². The van der Waals surface area contributed by atoms with E-state index in [1.54, 1.807) is 23.5 Å². The van der Waals surface area contributed by atoms with Gasteiger partial charge in [0.15, 0.2) is 0 Å². The highest BCUT2D eigenvalue weighted by atomic mass is 32.1. The Labute approximate surface area is 122 Å². The van der Waals surface area contributed by atoms with Crippen molar-refractivity contribution in [2.75, 3.05) is 0 Å². The van der Waals surface area contributed by atoms with Crippen molar-refractivity contribution in [3.8, 4) is 0 Å². The van der Waals surface area contributed by atoms with E-state index >= 15 is 0 Å². The fourth-order valence-corrected chi connectivity index (χ4v) is 3.01. The van der Waals surface area contributed by atoms with Gasteiger partial charge < -0.3 is 5.32 Å². The molecule has 0 aliphatic rings. The second-order valence-electron chi connectivity index (χ2n) is 4.77. The van der Waals surface area contributed by atoms with Crippen molar-refractivity contribution >= 4 is 17.0 Å². The number of nitro groups is 1. The molecule has 0 bridgehead atoms. The quantitative estimate of drug-likeness (QED) is 0.640. The molecule has 2 rings (SSSR count). The van der Waals surface area contributed by atoms with E-state index < -0.39 is 0 Å². The minimum atomic E-state index is -0.348. The Hall–Kier alpha value is -1.72. The maximum atomic E-state index is 10.8. The van der Waals surface area contributed by atoms with E-state index in [2.05, 4.69) is 29.9 Å². The van der Waals surface area contributed by atoms with E-state index in [1.165, 1.54) is 17.2 Å². The number of non-ortho nitro benzene ring substituents is 1. The molecule has 0 spiro atoms. The summed E-state index contributed by atoms with van der Waals surface area (Å²) in [6.45, 7) is 4.97. The van der Waals surface area contributed by atoms with Crippen LogP contribution in [0.25, 0.3) is 0 Å². The molecule has 0 amide bonds. The maximum Gasteiger partial charge on any atom is 0.269 e. The highest BCUT2D eigenvalue weighted by Crippen LogP contribution is 2.22. The minimum absolute atomic E-state index is 0.134. The zero-order valence-corrected chi connectivity index (χ0v) is 12.4. The largest absolute Gasteiger partial charge is 0.306 e. The molecule has 4 nitrogen and oxygen atoms in total. The van der Waals surface area contributed by atoms with E-state index in [9.17, 15) is 10.1 Å². The highest BCUT2D eigenvalue weighted by Gasteiger charge is 2.13. The van der Waals surface area contributed by atoms with E-state index in [1.807, 2.05) is 6.07 Å². The normalized spacial score (nSPS) is 12.3. The summed E-state index contributed by atoms with van der Waals surface area (Å²) >= 11 is 1.70. The van der Waals surface area contributed by atoms with Crippen LogP contribution in [-0.2, 0) is 6.54 Å². The Morgan fingerprint density at radius 3 is 2.80 bits per heavy atom. The van der Waals surface area contributed by atoms with Gasteiger partial charge in [-0.15, -0.1) is 0 Å². The van der Waals surface area contributed by atoms with Gasteiger partial charge in [0, 0.05) is 24.7 Å². The van der Waals surface area contributed by atoms with E-state index in [4.69, 9.17) is 0 Å². The molecule has 106 valence electrons. The van der Waals surface area contributed by atoms with Gasteiger partial charge in [0.2, 0.25) is 0 Å². The summed E-state index contributed by atoms with van der Waals surface area (Å²) in [5.41, 5.74) is 3.69. The van der Waals surface area contributed by atoms with Gasteiger partial charge in [-0.05, 0) is 40.8 Å². The minimum Gasteiger partial charge on any atom is -0.306 e. The average Bonchev–Trinajstić information content (AvgIpc) is 2.85. The van der Waals surface area contributed by atoms with Crippen LogP contribution < -0.4 is 5.32 Å². The lowest BCUT2D eigenvalue weighted by Gasteiger charge is -2.17. The summed E-state index contributed by atoms with van der Waals surface area (Å²) in [6, 6.07) is 7.00. The lowest BCUT2D eigenvalue weighted by Crippen LogP contribution is -2.20. The molecule has 0 saturated heterocycles. The summed E-state index contributed by atoms with van der Waals surface area (Å²) in [5.74, 6) is 0. The Morgan fingerprint density at radius 2 is 2.20 bits per heavy atom. The zero-order valence-electron chi connectivity index (χ0n) is 11.6. The van der Waals surface area contributed by atoms with Crippen molar-refractivity contribution in [1.29, 1.82) is 0 Å². The molecule has 1 aromatic heterocycles. The van der Waals surface area contributed by atoms with Crippen molar-refractivity contribution < 1.29 is 4.92 Å². The first kappa shape index (κ1) is 14.7. The fraction of sp³-hybridized carbons (Fsp3) is 0.333. The second kappa shape index (κ2) is 6.63. The monoisotopic (exact) mass is 290 g/mol. The number of rotatable bonds is 6. The standard InChI is InChI=1S/C15H18N2O2S/c1-3-15(16-8-13-10-20-9-11(13)2)12-5-4-6-14(7-12)17(18)19/h4-7,9-10,15-16H,3,8H2,1-2H3. The van der Waals surface area contributed by atoms with E-state index in [0.717, 1.165) is 18.5 Å². The van der Waals surface area contributed by atoms with Crippen LogP contribution in [-0.4, -0.2) is 4.92 Å². The van der Waals surface area contributed by atoms with Crippen molar-refractivity contribution in [1.82, 2.24) is 5.32 Å². The zero-order chi connectivity index (χ0) is 14.5. The molecule has 0 aliphatic carbocycles. The summed E-state index contributed by atoms with van der Waals surface area (Å²) < 4.78 is 0. The summed E-state index contributed by atoms with van der Waals surface area (Å²) in [5, 5.41) is 18.6. The second-order valence-corrected chi connectivity index (χ2v) is 5.52. The number of nitrogens with one attached hydrogen (secondary N) is 1. The average molecular weight is 290 g/mol. The van der Waals surface area contributed by atoms with Crippen LogP contribution in [0.5, 0.6) is 0 Å². The molecule has 20 heavy (non-hydrogen) atoms. The van der Waals surface area contributed by atoms with Crippen molar-refractivity contribution in [2.45, 2.75) is 32.9 Å². The molecule has 0 radical (unpaired) electrons. The molecule has 1 N–H and O–H groups in total. The van der Waals surface area contributed by atoms with Gasteiger partial charge in [-0.1, -0.05) is 19.1 Å². The van der Waals surface area contributed by atoms with Gasteiger partial charge in [-0.25, -0.2) is 0 Å². The Balaban J connectivity index is 2.10. The van der Waals surface area contributed by atoms with Gasteiger partial charge >= 0.3 is 0 Å². The summed E-state index contributed by atoms with van der Waals surface area (Å²) in [7, 11) is 0. The molecule has 0 fully saturated rings. The van der Waals surface area contributed by atoms with Crippen LogP contribution >= 0.6 is 11.3 Å². The number of nitrogens with zero attached hydrogens (tertiary/aromatic N) is 1. The SMILES string of the molecule is CCC(NCc1cscc1C)c1cccc([N+](=O)[O-])c1. The molecular formula is C15H18N2O2S. The van der Waals surface area contributed by atoms with Gasteiger partial charge in [0.05, 0.1) is 4.92 Å². The first-order valence-electron chi connectivity index (χ1n) is 6.61. The van der Waals surface area contributed by atoms with Crippen LogP contribution in [0.1, 0.15) is 36.1 Å². The van der Waals surface area contributed by atoms with Gasteiger partial charge in [0.1, 0.15) is 0 Å². The molecule has 1 heterocycles. The highest BCUT2D eigenvalue weighted by molar-refractivity contribution is 7.08. The van der Waals surface area contributed by atoms with Crippen LogP contribution in [0.4, 0.5) is 5.69 Å². The van der Waals surface area contributed by atoms with Crippen LogP contribution in [0, 0.1) is 17.0 Å². The molecule has 2 aromatic rings. The molecule has 1 unspecified atom stereocenters. The Bertz CT molecular complexity index is 595. The summed E-state index contributed by atoms with van der Waals surface area (Å²) in [4.78, 5) is 10.5. The molecule has 0 saturated carbocycles. The third kappa shape index (κ3) is 3.43. The molecule has 1 atom stereocenters. The number of hydrogen-bond donors (Lipinski definition) is 1. The van der Waals surface area contributed by atoms with E-state index in [0.29, 0.717) is 0 Å². The first-order valence-corrected chi connectivity index (χ1v) is 7.55. The predicted molar refractivity (Wildman–Crippen MR) is 82.0 cm³/mol. The molecule has 1 aromatic carbocycles. The third-order valence-corrected chi connectivity index (χ3v) is 4.30. The smallest absolute Gasteiger partial charge is 0.269 e. The lowest BCUT2D eigenvalue weighted by atomic mass is 10.0.